The van der Waals surface area contributed by atoms with Gasteiger partial charge in [-0.15, -0.1) is 0 Å². The van der Waals surface area contributed by atoms with Crippen molar-refractivity contribution in [1.82, 2.24) is 4.90 Å². The van der Waals surface area contributed by atoms with Gasteiger partial charge < -0.3 is 24.8 Å². The maximum Gasteiger partial charge on any atom is 0.416 e. The SMILES string of the molecule is CCOc1cc2c(cc1OCC)C(CCO)N(C(=S)Nc1cccc(C(F)(F)F)c1)CC2. The number of hydrogen-bond acceptors (Lipinski definition) is 4. The Bertz CT molecular complexity index is 953. The van der Waals surface area contributed by atoms with Crippen LogP contribution in [-0.4, -0.2) is 41.5 Å². The van der Waals surface area contributed by atoms with Crippen LogP contribution in [0.3, 0.4) is 0 Å². The molecule has 1 aliphatic rings. The second-order valence-corrected chi connectivity index (χ2v) is 7.73. The Morgan fingerprint density at radius 1 is 1.16 bits per heavy atom. The molecule has 1 heterocycles. The van der Waals surface area contributed by atoms with E-state index in [9.17, 15) is 18.3 Å². The number of benzene rings is 2. The number of aliphatic hydroxyl groups is 1. The van der Waals surface area contributed by atoms with Gasteiger partial charge in [0.2, 0.25) is 0 Å². The zero-order valence-electron chi connectivity index (χ0n) is 18.0. The average Bonchev–Trinajstić information content (AvgIpc) is 2.74. The lowest BCUT2D eigenvalue weighted by Crippen LogP contribution is -2.42. The van der Waals surface area contributed by atoms with E-state index >= 15 is 0 Å². The van der Waals surface area contributed by atoms with Crippen LogP contribution in [0.4, 0.5) is 18.9 Å². The number of fused-ring (bicyclic) bond motifs is 1. The molecule has 1 unspecified atom stereocenters. The molecule has 0 saturated carbocycles. The van der Waals surface area contributed by atoms with Crippen LogP contribution in [0.25, 0.3) is 0 Å². The fourth-order valence-electron chi connectivity index (χ4n) is 3.89. The molecule has 0 saturated heterocycles. The molecule has 0 fully saturated rings. The number of anilines is 1. The third-order valence-corrected chi connectivity index (χ3v) is 5.60. The lowest BCUT2D eigenvalue weighted by atomic mass is 9.90. The van der Waals surface area contributed by atoms with Crippen molar-refractivity contribution in [3.05, 3.63) is 53.1 Å². The molecule has 0 bridgehead atoms. The molecule has 2 aromatic carbocycles. The van der Waals surface area contributed by atoms with E-state index in [1.165, 1.54) is 6.07 Å². The molecule has 0 spiro atoms. The molecule has 2 aromatic rings. The number of alkyl halides is 3. The highest BCUT2D eigenvalue weighted by Crippen LogP contribution is 2.40. The summed E-state index contributed by atoms with van der Waals surface area (Å²) in [6.07, 6.45) is -3.35. The highest BCUT2D eigenvalue weighted by molar-refractivity contribution is 7.80. The molecule has 0 radical (unpaired) electrons. The fourth-order valence-corrected chi connectivity index (χ4v) is 4.23. The number of halogens is 3. The summed E-state index contributed by atoms with van der Waals surface area (Å²) < 4.78 is 50.6. The number of nitrogens with one attached hydrogen (secondary N) is 1. The third-order valence-electron chi connectivity index (χ3n) is 5.27. The summed E-state index contributed by atoms with van der Waals surface area (Å²) in [5.41, 5.74) is 1.56. The Morgan fingerprint density at radius 2 is 1.84 bits per heavy atom. The minimum absolute atomic E-state index is 0.0655. The minimum Gasteiger partial charge on any atom is -0.490 e. The van der Waals surface area contributed by atoms with Crippen LogP contribution in [0.5, 0.6) is 11.5 Å². The number of ether oxygens (including phenoxy) is 2. The van der Waals surface area contributed by atoms with Crippen molar-refractivity contribution in [2.75, 3.05) is 31.7 Å². The molecule has 1 aliphatic heterocycles. The molecule has 3 rings (SSSR count). The summed E-state index contributed by atoms with van der Waals surface area (Å²) in [5.74, 6) is 1.30. The number of nitrogens with zero attached hydrogens (tertiary/aromatic N) is 1. The van der Waals surface area contributed by atoms with Crippen LogP contribution >= 0.6 is 12.2 Å². The predicted molar refractivity (Wildman–Crippen MR) is 121 cm³/mol. The summed E-state index contributed by atoms with van der Waals surface area (Å²) in [6, 6.07) is 8.58. The third kappa shape index (κ3) is 5.45. The molecular weight excluding hydrogens is 441 g/mol. The lowest BCUT2D eigenvalue weighted by Gasteiger charge is -2.39. The topological polar surface area (TPSA) is 54.0 Å². The summed E-state index contributed by atoms with van der Waals surface area (Å²) in [6.45, 7) is 5.27. The molecule has 2 N–H and O–H groups in total. The van der Waals surface area contributed by atoms with Crippen LogP contribution in [0.15, 0.2) is 36.4 Å². The Hall–Kier alpha value is -2.52. The zero-order chi connectivity index (χ0) is 23.3. The fraction of sp³-hybridized carbons (Fsp3) is 0.435. The summed E-state index contributed by atoms with van der Waals surface area (Å²) in [7, 11) is 0. The van der Waals surface area contributed by atoms with Crippen molar-refractivity contribution in [1.29, 1.82) is 0 Å². The number of thiocarbonyl (C=S) groups is 1. The molecule has 1 atom stereocenters. The molecule has 0 amide bonds. The van der Waals surface area contributed by atoms with Crippen molar-refractivity contribution in [2.24, 2.45) is 0 Å². The Kier molecular flexibility index (Phi) is 7.84. The van der Waals surface area contributed by atoms with E-state index in [2.05, 4.69) is 5.32 Å². The van der Waals surface area contributed by atoms with E-state index in [-0.39, 0.29) is 18.3 Å². The van der Waals surface area contributed by atoms with E-state index < -0.39 is 11.7 Å². The van der Waals surface area contributed by atoms with Crippen molar-refractivity contribution < 1.29 is 27.8 Å². The first kappa shape index (κ1) is 24.1. The average molecular weight is 469 g/mol. The second-order valence-electron chi connectivity index (χ2n) is 7.34. The smallest absolute Gasteiger partial charge is 0.416 e. The molecule has 9 heteroatoms. The zero-order valence-corrected chi connectivity index (χ0v) is 18.9. The quantitative estimate of drug-likeness (QED) is 0.546. The Labute approximate surface area is 191 Å². The second kappa shape index (κ2) is 10.4. The molecule has 0 aliphatic carbocycles. The normalized spacial score (nSPS) is 15.8. The number of aliphatic hydroxyl groups excluding tert-OH is 1. The van der Waals surface area contributed by atoms with Crippen molar-refractivity contribution >= 4 is 23.0 Å². The van der Waals surface area contributed by atoms with E-state index in [0.717, 1.165) is 23.3 Å². The van der Waals surface area contributed by atoms with E-state index in [1.807, 2.05) is 30.9 Å². The highest BCUT2D eigenvalue weighted by Gasteiger charge is 2.32. The van der Waals surface area contributed by atoms with Gasteiger partial charge >= 0.3 is 6.18 Å². The van der Waals surface area contributed by atoms with Gasteiger partial charge in [-0.3, -0.25) is 0 Å². The summed E-state index contributed by atoms with van der Waals surface area (Å²) in [5, 5.41) is 12.9. The van der Waals surface area contributed by atoms with Gasteiger partial charge in [-0.1, -0.05) is 6.07 Å². The van der Waals surface area contributed by atoms with Crippen molar-refractivity contribution in [3.8, 4) is 11.5 Å². The van der Waals surface area contributed by atoms with Crippen LogP contribution < -0.4 is 14.8 Å². The molecule has 32 heavy (non-hydrogen) atoms. The van der Waals surface area contributed by atoms with Crippen molar-refractivity contribution in [2.45, 2.75) is 38.9 Å². The molecule has 5 nitrogen and oxygen atoms in total. The summed E-state index contributed by atoms with van der Waals surface area (Å²) in [4.78, 5) is 1.91. The van der Waals surface area contributed by atoms with Crippen LogP contribution in [0.1, 0.15) is 43.0 Å². The molecule has 174 valence electrons. The van der Waals surface area contributed by atoms with Gasteiger partial charge in [0.1, 0.15) is 0 Å². The molecular formula is C23H27F3N2O3S. The summed E-state index contributed by atoms with van der Waals surface area (Å²) >= 11 is 5.56. The Morgan fingerprint density at radius 3 is 2.47 bits per heavy atom. The van der Waals surface area contributed by atoms with Crippen LogP contribution in [0, 0.1) is 0 Å². The van der Waals surface area contributed by atoms with E-state index in [1.54, 1.807) is 6.07 Å². The largest absolute Gasteiger partial charge is 0.490 e. The maximum atomic E-state index is 13.1. The van der Waals surface area contributed by atoms with Gasteiger partial charge in [0.05, 0.1) is 24.8 Å². The standard InChI is InChI=1S/C23H27F3N2O3S/c1-3-30-20-12-15-8-10-28(19(9-11-29)18(15)14-21(20)31-4-2)22(32)27-17-7-5-6-16(13-17)23(24,25)26/h5-7,12-14,19,29H,3-4,8-11H2,1-2H3,(H,27,32). The molecule has 0 aromatic heterocycles. The minimum atomic E-state index is -4.43. The van der Waals surface area contributed by atoms with Crippen LogP contribution in [-0.2, 0) is 12.6 Å². The first-order chi connectivity index (χ1) is 15.3. The van der Waals surface area contributed by atoms with E-state index in [0.29, 0.717) is 49.2 Å². The van der Waals surface area contributed by atoms with Gasteiger partial charge in [0, 0.05) is 18.8 Å². The number of hydrogen-bond donors (Lipinski definition) is 2. The van der Waals surface area contributed by atoms with Gasteiger partial charge in [0.15, 0.2) is 16.6 Å². The van der Waals surface area contributed by atoms with Gasteiger partial charge in [-0.05, 0) is 80.4 Å². The highest BCUT2D eigenvalue weighted by atomic mass is 32.1. The maximum absolute atomic E-state index is 13.1. The predicted octanol–water partition coefficient (Wildman–Crippen LogP) is 5.18. The van der Waals surface area contributed by atoms with Gasteiger partial charge in [-0.2, -0.15) is 13.2 Å². The first-order valence-electron chi connectivity index (χ1n) is 10.6. The monoisotopic (exact) mass is 468 g/mol. The number of rotatable bonds is 7. The van der Waals surface area contributed by atoms with E-state index in [4.69, 9.17) is 21.7 Å². The lowest BCUT2D eigenvalue weighted by molar-refractivity contribution is -0.137. The van der Waals surface area contributed by atoms with Crippen molar-refractivity contribution in [3.63, 3.8) is 0 Å². The van der Waals surface area contributed by atoms with Gasteiger partial charge in [-0.25, -0.2) is 0 Å². The first-order valence-corrected chi connectivity index (χ1v) is 11.0. The van der Waals surface area contributed by atoms with Gasteiger partial charge in [0.25, 0.3) is 0 Å². The van der Waals surface area contributed by atoms with Crippen LogP contribution in [0.2, 0.25) is 0 Å². The Balaban J connectivity index is 1.89.